The Kier molecular flexibility index (Phi) is 7.11. The molecule has 31 heavy (non-hydrogen) atoms. The monoisotopic (exact) mass is 443 g/mol. The van der Waals surface area contributed by atoms with E-state index < -0.39 is 17.0 Å². The van der Waals surface area contributed by atoms with Gasteiger partial charge in [0.05, 0.1) is 16.7 Å². The summed E-state index contributed by atoms with van der Waals surface area (Å²) >= 11 is 1.08. The van der Waals surface area contributed by atoms with Gasteiger partial charge in [-0.05, 0) is 25.0 Å². The summed E-state index contributed by atoms with van der Waals surface area (Å²) < 4.78 is 2.75. The number of aromatic nitrogens is 4. The molecule has 0 radical (unpaired) electrons. The van der Waals surface area contributed by atoms with Gasteiger partial charge in [0.1, 0.15) is 11.4 Å². The first-order chi connectivity index (χ1) is 14.9. The second-order valence-corrected chi connectivity index (χ2v) is 8.05. The molecular formula is C21H25N5O4S. The highest BCUT2D eigenvalue weighted by Crippen LogP contribution is 2.20. The molecule has 0 amide bonds. The number of unbranched alkanes of at least 4 members (excludes halogenated alkanes) is 1. The van der Waals surface area contributed by atoms with E-state index in [1.54, 1.807) is 28.8 Å². The first kappa shape index (κ1) is 22.5. The summed E-state index contributed by atoms with van der Waals surface area (Å²) in [5, 5.41) is 0.920. The first-order valence-corrected chi connectivity index (χ1v) is 11.2. The summed E-state index contributed by atoms with van der Waals surface area (Å²) in [6.07, 6.45) is 2.30. The van der Waals surface area contributed by atoms with Crippen LogP contribution in [0.25, 0.3) is 10.9 Å². The average molecular weight is 444 g/mol. The van der Waals surface area contributed by atoms with Crippen molar-refractivity contribution in [1.29, 1.82) is 0 Å². The van der Waals surface area contributed by atoms with E-state index in [0.717, 1.165) is 24.6 Å². The molecule has 0 aliphatic heterocycles. The molecule has 3 N–H and O–H groups in total. The Morgan fingerprint density at radius 2 is 1.84 bits per heavy atom. The minimum Gasteiger partial charge on any atom is -0.384 e. The van der Waals surface area contributed by atoms with Crippen molar-refractivity contribution in [2.45, 2.75) is 51.4 Å². The Balaban J connectivity index is 1.97. The Morgan fingerprint density at radius 3 is 2.55 bits per heavy atom. The number of ketones is 1. The number of hydrogen-bond donors (Lipinski definition) is 2. The molecule has 1 aromatic carbocycles. The van der Waals surface area contributed by atoms with E-state index in [9.17, 15) is 19.2 Å². The van der Waals surface area contributed by atoms with Gasteiger partial charge < -0.3 is 5.73 Å². The van der Waals surface area contributed by atoms with Gasteiger partial charge in [0.2, 0.25) is 0 Å². The zero-order valence-corrected chi connectivity index (χ0v) is 18.3. The van der Waals surface area contributed by atoms with Crippen LogP contribution in [-0.4, -0.2) is 30.6 Å². The number of benzene rings is 1. The van der Waals surface area contributed by atoms with Gasteiger partial charge in [-0.3, -0.25) is 28.5 Å². The molecule has 0 spiro atoms. The average Bonchev–Trinajstić information content (AvgIpc) is 2.74. The zero-order valence-electron chi connectivity index (χ0n) is 17.5. The molecule has 0 bridgehead atoms. The number of anilines is 1. The number of nitrogen functional groups attached to an aromatic ring is 1. The SMILES string of the molecule is CCCCn1c(SCC(=O)c2c(N)n(CCC)c(=O)[nH]c2=O)nc2ccccc2c1=O. The Morgan fingerprint density at radius 1 is 1.10 bits per heavy atom. The number of nitrogens with two attached hydrogens (primary N) is 1. The number of para-hydroxylation sites is 1. The van der Waals surface area contributed by atoms with Crippen LogP contribution < -0.4 is 22.5 Å². The Hall–Kier alpha value is -3.14. The van der Waals surface area contributed by atoms with E-state index in [-0.39, 0.29) is 29.2 Å². The predicted octanol–water partition coefficient (Wildman–Crippen LogP) is 2.01. The summed E-state index contributed by atoms with van der Waals surface area (Å²) in [6, 6.07) is 7.05. The lowest BCUT2D eigenvalue weighted by atomic mass is 10.2. The largest absolute Gasteiger partial charge is 0.384 e. The number of thioether (sulfide) groups is 1. The molecule has 10 heteroatoms. The molecule has 0 unspecified atom stereocenters. The number of H-pyrrole nitrogens is 1. The fraction of sp³-hybridized carbons (Fsp3) is 0.381. The van der Waals surface area contributed by atoms with Crippen molar-refractivity contribution in [2.75, 3.05) is 11.5 Å². The number of nitrogens with one attached hydrogen (secondary N) is 1. The van der Waals surface area contributed by atoms with Crippen LogP contribution in [0.1, 0.15) is 43.5 Å². The second kappa shape index (κ2) is 9.78. The molecule has 2 aromatic heterocycles. The number of Topliss-reactive ketones (excluding diaryl/α,β-unsaturated/α-hetero) is 1. The van der Waals surface area contributed by atoms with E-state index in [1.807, 2.05) is 13.8 Å². The van der Waals surface area contributed by atoms with Crippen molar-refractivity contribution in [1.82, 2.24) is 19.1 Å². The standard InChI is InChI=1S/C21H25N5O4S/c1-3-5-11-26-19(29)13-8-6-7-9-14(13)23-21(26)31-12-15(27)16-17(22)25(10-4-2)20(30)24-18(16)28/h6-9H,3-5,10-12,22H2,1-2H3,(H,24,28,30). The maximum absolute atomic E-state index is 12.9. The van der Waals surface area contributed by atoms with Gasteiger partial charge in [-0.2, -0.15) is 0 Å². The van der Waals surface area contributed by atoms with Crippen LogP contribution in [0.5, 0.6) is 0 Å². The Bertz CT molecular complexity index is 1290. The van der Waals surface area contributed by atoms with Crippen molar-refractivity contribution < 1.29 is 4.79 Å². The van der Waals surface area contributed by atoms with Crippen LogP contribution in [0.15, 0.2) is 43.8 Å². The normalized spacial score (nSPS) is 11.2. The van der Waals surface area contributed by atoms with Gasteiger partial charge >= 0.3 is 5.69 Å². The van der Waals surface area contributed by atoms with E-state index in [2.05, 4.69) is 9.97 Å². The van der Waals surface area contributed by atoms with Crippen molar-refractivity contribution in [3.8, 4) is 0 Å². The van der Waals surface area contributed by atoms with Crippen LogP contribution in [0.3, 0.4) is 0 Å². The van der Waals surface area contributed by atoms with Crippen molar-refractivity contribution in [3.05, 3.63) is 61.0 Å². The lowest BCUT2D eigenvalue weighted by Gasteiger charge is -2.13. The van der Waals surface area contributed by atoms with Gasteiger partial charge in [-0.1, -0.05) is 44.2 Å². The van der Waals surface area contributed by atoms with Gasteiger partial charge in [0.25, 0.3) is 11.1 Å². The van der Waals surface area contributed by atoms with Gasteiger partial charge in [-0.25, -0.2) is 9.78 Å². The fourth-order valence-electron chi connectivity index (χ4n) is 3.28. The van der Waals surface area contributed by atoms with Crippen molar-refractivity contribution >= 4 is 34.3 Å². The predicted molar refractivity (Wildman–Crippen MR) is 122 cm³/mol. The number of aromatic amines is 1. The maximum Gasteiger partial charge on any atom is 0.329 e. The lowest BCUT2D eigenvalue weighted by Crippen LogP contribution is -2.36. The van der Waals surface area contributed by atoms with E-state index in [0.29, 0.717) is 29.0 Å². The van der Waals surface area contributed by atoms with E-state index in [4.69, 9.17) is 5.73 Å². The summed E-state index contributed by atoms with van der Waals surface area (Å²) in [6.45, 7) is 4.65. The third-order valence-electron chi connectivity index (χ3n) is 4.86. The maximum atomic E-state index is 12.9. The quantitative estimate of drug-likeness (QED) is 0.294. The molecule has 0 atom stereocenters. The molecule has 0 saturated heterocycles. The number of fused-ring (bicyclic) bond motifs is 1. The van der Waals surface area contributed by atoms with Gasteiger partial charge in [0.15, 0.2) is 10.9 Å². The first-order valence-electron chi connectivity index (χ1n) is 10.2. The molecule has 3 rings (SSSR count). The number of hydrogen-bond acceptors (Lipinski definition) is 7. The smallest absolute Gasteiger partial charge is 0.329 e. The summed E-state index contributed by atoms with van der Waals surface area (Å²) in [4.78, 5) is 56.7. The van der Waals surface area contributed by atoms with Gasteiger partial charge in [0, 0.05) is 13.1 Å². The molecule has 3 aromatic rings. The third kappa shape index (κ3) is 4.63. The molecule has 0 saturated carbocycles. The highest BCUT2D eigenvalue weighted by molar-refractivity contribution is 7.99. The van der Waals surface area contributed by atoms with Crippen LogP contribution >= 0.6 is 11.8 Å². The topological polar surface area (TPSA) is 133 Å². The lowest BCUT2D eigenvalue weighted by molar-refractivity contribution is 0.102. The van der Waals surface area contributed by atoms with Gasteiger partial charge in [-0.15, -0.1) is 0 Å². The highest BCUT2D eigenvalue weighted by Gasteiger charge is 2.20. The molecule has 0 aliphatic rings. The summed E-state index contributed by atoms with van der Waals surface area (Å²) in [5.41, 5.74) is 4.66. The molecule has 164 valence electrons. The van der Waals surface area contributed by atoms with Crippen LogP contribution in [0.2, 0.25) is 0 Å². The summed E-state index contributed by atoms with van der Waals surface area (Å²) in [7, 11) is 0. The number of nitrogens with zero attached hydrogens (tertiary/aromatic N) is 3. The molecule has 2 heterocycles. The van der Waals surface area contributed by atoms with Crippen LogP contribution in [0, 0.1) is 0 Å². The van der Waals surface area contributed by atoms with Crippen LogP contribution in [-0.2, 0) is 13.1 Å². The Labute approximate surface area is 182 Å². The second-order valence-electron chi connectivity index (χ2n) is 7.10. The number of carbonyl (C=O) groups excluding carboxylic acids is 1. The van der Waals surface area contributed by atoms with E-state index in [1.165, 1.54) is 4.57 Å². The minimum atomic E-state index is -0.810. The third-order valence-corrected chi connectivity index (χ3v) is 5.84. The van der Waals surface area contributed by atoms with E-state index >= 15 is 0 Å². The number of carbonyl (C=O) groups is 1. The highest BCUT2D eigenvalue weighted by atomic mass is 32.2. The van der Waals surface area contributed by atoms with Crippen LogP contribution in [0.4, 0.5) is 5.82 Å². The summed E-state index contributed by atoms with van der Waals surface area (Å²) in [5.74, 6) is -0.816. The zero-order chi connectivity index (χ0) is 22.5. The van der Waals surface area contributed by atoms with Crippen molar-refractivity contribution in [2.24, 2.45) is 0 Å². The fourth-order valence-corrected chi connectivity index (χ4v) is 4.17. The minimum absolute atomic E-state index is 0.143. The molecular weight excluding hydrogens is 418 g/mol. The van der Waals surface area contributed by atoms with Crippen molar-refractivity contribution in [3.63, 3.8) is 0 Å². The molecule has 0 aliphatic carbocycles. The number of rotatable bonds is 9. The molecule has 9 nitrogen and oxygen atoms in total. The molecule has 0 fully saturated rings.